The van der Waals surface area contributed by atoms with E-state index in [2.05, 4.69) is 30.9 Å². The van der Waals surface area contributed by atoms with Gasteiger partial charge in [-0.3, -0.25) is 4.90 Å². The highest BCUT2D eigenvalue weighted by Gasteiger charge is 2.21. The van der Waals surface area contributed by atoms with Gasteiger partial charge in [0.2, 0.25) is 0 Å². The molecule has 1 aliphatic heterocycles. The first-order valence-corrected chi connectivity index (χ1v) is 9.39. The zero-order chi connectivity index (χ0) is 17.6. The number of benzene rings is 1. The highest BCUT2D eigenvalue weighted by Crippen LogP contribution is 2.28. The van der Waals surface area contributed by atoms with Crippen molar-refractivity contribution in [3.63, 3.8) is 0 Å². The van der Waals surface area contributed by atoms with E-state index < -0.39 is 0 Å². The maximum atomic E-state index is 9.68. The van der Waals surface area contributed by atoms with Gasteiger partial charge in [-0.25, -0.2) is 9.50 Å². The molecular weight excluding hydrogens is 404 g/mol. The second kappa shape index (κ2) is 6.68. The molecule has 1 fully saturated rings. The molecule has 1 atom stereocenters. The molecule has 4 rings (SSSR count). The van der Waals surface area contributed by atoms with Gasteiger partial charge in [0.1, 0.15) is 0 Å². The van der Waals surface area contributed by atoms with Gasteiger partial charge in [0.15, 0.2) is 11.5 Å². The highest BCUT2D eigenvalue weighted by atomic mass is 79.9. The second-order valence-corrected chi connectivity index (χ2v) is 7.75. The standard InChI is InChI=1S/C18H18BrClN4O/c1-11-14(3-2-4-15(11)19)17-21-18-16(20)7-12(9-24(18)22-17)8-23-6-5-13(25)10-23/h2-4,7,9,13,25H,5-6,8,10H2,1H3. The van der Waals surface area contributed by atoms with Crippen LogP contribution >= 0.6 is 27.5 Å². The molecule has 1 N–H and O–H groups in total. The van der Waals surface area contributed by atoms with Crippen LogP contribution in [0.1, 0.15) is 17.5 Å². The third-order valence-corrected chi connectivity index (χ3v) is 5.74. The largest absolute Gasteiger partial charge is 0.392 e. The maximum absolute atomic E-state index is 9.68. The van der Waals surface area contributed by atoms with Crippen molar-refractivity contribution in [2.24, 2.45) is 0 Å². The van der Waals surface area contributed by atoms with Crippen molar-refractivity contribution in [1.82, 2.24) is 19.5 Å². The lowest BCUT2D eigenvalue weighted by atomic mass is 10.1. The summed E-state index contributed by atoms with van der Waals surface area (Å²) in [5, 5.41) is 14.9. The Bertz CT molecular complexity index is 942. The van der Waals surface area contributed by atoms with Crippen molar-refractivity contribution >= 4 is 33.2 Å². The summed E-state index contributed by atoms with van der Waals surface area (Å²) in [6.45, 7) is 4.39. The lowest BCUT2D eigenvalue weighted by molar-refractivity contribution is 0.174. The van der Waals surface area contributed by atoms with Crippen LogP contribution in [0.5, 0.6) is 0 Å². The van der Waals surface area contributed by atoms with Gasteiger partial charge in [-0.2, -0.15) is 0 Å². The molecule has 5 nitrogen and oxygen atoms in total. The number of β-amino-alcohol motifs (C(OH)–C–C–N with tert-alkyl or cyclic N) is 1. The maximum Gasteiger partial charge on any atom is 0.182 e. The number of hydrogen-bond donors (Lipinski definition) is 1. The molecule has 7 heteroatoms. The van der Waals surface area contributed by atoms with Crippen LogP contribution in [0.25, 0.3) is 17.0 Å². The van der Waals surface area contributed by atoms with E-state index in [9.17, 15) is 5.11 Å². The molecule has 0 radical (unpaired) electrons. The third-order valence-electron chi connectivity index (χ3n) is 4.61. The summed E-state index contributed by atoms with van der Waals surface area (Å²) in [6.07, 6.45) is 2.57. The van der Waals surface area contributed by atoms with Gasteiger partial charge >= 0.3 is 0 Å². The van der Waals surface area contributed by atoms with Gasteiger partial charge < -0.3 is 5.11 Å². The van der Waals surface area contributed by atoms with Gasteiger partial charge in [-0.1, -0.05) is 39.7 Å². The number of aliphatic hydroxyl groups is 1. The van der Waals surface area contributed by atoms with Gasteiger partial charge in [0.05, 0.1) is 11.1 Å². The molecule has 3 heterocycles. The zero-order valence-corrected chi connectivity index (χ0v) is 16.1. The number of pyridine rings is 1. The normalized spacial score (nSPS) is 18.3. The monoisotopic (exact) mass is 420 g/mol. The molecule has 1 aliphatic rings. The number of likely N-dealkylation sites (tertiary alicyclic amines) is 1. The molecule has 0 aliphatic carbocycles. The minimum Gasteiger partial charge on any atom is -0.392 e. The van der Waals surface area contributed by atoms with Gasteiger partial charge in [-0.15, -0.1) is 5.10 Å². The van der Waals surface area contributed by atoms with Crippen molar-refractivity contribution in [2.75, 3.05) is 13.1 Å². The Morgan fingerprint density at radius 2 is 2.24 bits per heavy atom. The molecule has 0 spiro atoms. The highest BCUT2D eigenvalue weighted by molar-refractivity contribution is 9.10. The molecule has 3 aromatic rings. The smallest absolute Gasteiger partial charge is 0.182 e. The van der Waals surface area contributed by atoms with Crippen molar-refractivity contribution in [1.29, 1.82) is 0 Å². The first-order chi connectivity index (χ1) is 12.0. The van der Waals surface area contributed by atoms with E-state index in [0.717, 1.165) is 40.7 Å². The van der Waals surface area contributed by atoms with E-state index in [1.165, 1.54) is 0 Å². The summed E-state index contributed by atoms with van der Waals surface area (Å²) < 4.78 is 2.78. The fourth-order valence-electron chi connectivity index (χ4n) is 3.26. The lowest BCUT2D eigenvalue weighted by Gasteiger charge is -2.14. The number of hydrogen-bond acceptors (Lipinski definition) is 4. The molecule has 0 saturated carbocycles. The number of aromatic nitrogens is 3. The van der Waals surface area contributed by atoms with E-state index >= 15 is 0 Å². The summed E-state index contributed by atoms with van der Waals surface area (Å²) >= 11 is 10.0. The molecule has 0 amide bonds. The van der Waals surface area contributed by atoms with Crippen LogP contribution in [0.2, 0.25) is 5.02 Å². The lowest BCUT2D eigenvalue weighted by Crippen LogP contribution is -2.21. The fourth-order valence-corrected chi connectivity index (χ4v) is 3.90. The van der Waals surface area contributed by atoms with Crippen LogP contribution in [0.3, 0.4) is 0 Å². The number of fused-ring (bicyclic) bond motifs is 1. The predicted molar refractivity (Wildman–Crippen MR) is 102 cm³/mol. The van der Waals surface area contributed by atoms with Crippen molar-refractivity contribution in [3.05, 3.63) is 51.1 Å². The molecule has 1 unspecified atom stereocenters. The number of halogens is 2. The summed E-state index contributed by atoms with van der Waals surface area (Å²) in [6, 6.07) is 7.93. The summed E-state index contributed by atoms with van der Waals surface area (Å²) in [5.74, 6) is 0.662. The Kier molecular flexibility index (Phi) is 4.54. The molecular formula is C18H18BrClN4O. The molecule has 130 valence electrons. The van der Waals surface area contributed by atoms with E-state index in [1.807, 2.05) is 37.4 Å². The first-order valence-electron chi connectivity index (χ1n) is 8.22. The minimum atomic E-state index is -0.225. The molecule has 1 saturated heterocycles. The topological polar surface area (TPSA) is 53.7 Å². The van der Waals surface area contributed by atoms with Crippen LogP contribution in [0.15, 0.2) is 34.9 Å². The summed E-state index contributed by atoms with van der Waals surface area (Å²) in [4.78, 5) is 6.84. The molecule has 25 heavy (non-hydrogen) atoms. The van der Waals surface area contributed by atoms with Gasteiger partial charge in [0.25, 0.3) is 0 Å². The fraction of sp³-hybridized carbons (Fsp3) is 0.333. The zero-order valence-electron chi connectivity index (χ0n) is 13.8. The van der Waals surface area contributed by atoms with Crippen LogP contribution in [0, 0.1) is 6.92 Å². The van der Waals surface area contributed by atoms with Gasteiger partial charge in [-0.05, 0) is 36.6 Å². The van der Waals surface area contributed by atoms with Crippen molar-refractivity contribution in [3.8, 4) is 11.4 Å². The number of rotatable bonds is 3. The first kappa shape index (κ1) is 17.0. The Morgan fingerprint density at radius 3 is 3.00 bits per heavy atom. The summed E-state index contributed by atoms with van der Waals surface area (Å²) in [5.41, 5.74) is 3.80. The minimum absolute atomic E-state index is 0.225. The average Bonchev–Trinajstić information content (AvgIpc) is 3.16. The second-order valence-electron chi connectivity index (χ2n) is 6.49. The number of aliphatic hydroxyl groups excluding tert-OH is 1. The quantitative estimate of drug-likeness (QED) is 0.701. The van der Waals surface area contributed by atoms with Crippen molar-refractivity contribution in [2.45, 2.75) is 26.0 Å². The van der Waals surface area contributed by atoms with Crippen LogP contribution < -0.4 is 0 Å². The van der Waals surface area contributed by atoms with Crippen LogP contribution in [-0.4, -0.2) is 43.8 Å². The predicted octanol–water partition coefficient (Wildman–Crippen LogP) is 3.69. The third kappa shape index (κ3) is 3.31. The summed E-state index contributed by atoms with van der Waals surface area (Å²) in [7, 11) is 0. The van der Waals surface area contributed by atoms with Crippen molar-refractivity contribution < 1.29 is 5.11 Å². The molecule has 2 aromatic heterocycles. The van der Waals surface area contributed by atoms with Crippen LogP contribution in [0.4, 0.5) is 0 Å². The number of nitrogens with zero attached hydrogens (tertiary/aromatic N) is 4. The molecule has 1 aromatic carbocycles. The Morgan fingerprint density at radius 1 is 1.40 bits per heavy atom. The average molecular weight is 422 g/mol. The molecule has 0 bridgehead atoms. The van der Waals surface area contributed by atoms with E-state index in [-0.39, 0.29) is 6.10 Å². The Hall–Kier alpha value is -1.47. The SMILES string of the molecule is Cc1c(Br)cccc1-c1nc2c(Cl)cc(CN3CCC(O)C3)cn2n1. The van der Waals surface area contributed by atoms with E-state index in [0.29, 0.717) is 23.0 Å². The van der Waals surface area contributed by atoms with Crippen LogP contribution in [-0.2, 0) is 6.54 Å². The Balaban J connectivity index is 1.71. The van der Waals surface area contributed by atoms with Gasteiger partial charge in [0, 0.05) is 35.9 Å². The van der Waals surface area contributed by atoms with E-state index in [1.54, 1.807) is 4.52 Å². The Labute approximate surface area is 159 Å². The van der Waals surface area contributed by atoms with E-state index in [4.69, 9.17) is 11.6 Å².